The van der Waals surface area contributed by atoms with E-state index in [0.717, 1.165) is 6.07 Å². The van der Waals surface area contributed by atoms with Gasteiger partial charge < -0.3 is 0 Å². The van der Waals surface area contributed by atoms with Crippen LogP contribution in [0.2, 0.25) is 5.02 Å². The molecular formula is C11H6BrClF3N. The first kappa shape index (κ1) is 12.6. The summed E-state index contributed by atoms with van der Waals surface area (Å²) >= 11 is 8.93. The monoisotopic (exact) mass is 323 g/mol. The van der Waals surface area contributed by atoms with Crippen molar-refractivity contribution < 1.29 is 13.2 Å². The molecule has 2 aromatic rings. The van der Waals surface area contributed by atoms with Gasteiger partial charge in [-0.05, 0) is 40.5 Å². The highest BCUT2D eigenvalue weighted by Crippen LogP contribution is 2.35. The second-order valence-electron chi connectivity index (χ2n) is 3.54. The van der Waals surface area contributed by atoms with Gasteiger partial charge in [0, 0.05) is 5.39 Å². The van der Waals surface area contributed by atoms with Gasteiger partial charge in [-0.2, -0.15) is 0 Å². The third kappa shape index (κ3) is 2.13. The molecule has 0 aliphatic carbocycles. The summed E-state index contributed by atoms with van der Waals surface area (Å²) in [7, 11) is 0. The summed E-state index contributed by atoms with van der Waals surface area (Å²) in [4.78, 5) is 3.81. The summed E-state index contributed by atoms with van der Waals surface area (Å²) in [5.74, 6) is -0.497. The first-order valence-electron chi connectivity index (χ1n) is 4.64. The summed E-state index contributed by atoms with van der Waals surface area (Å²) in [5, 5.41) is 0.369. The van der Waals surface area contributed by atoms with Crippen molar-refractivity contribution >= 4 is 38.4 Å². The Morgan fingerprint density at radius 3 is 2.59 bits per heavy atom. The molecule has 0 unspecified atom stereocenters. The van der Waals surface area contributed by atoms with Crippen LogP contribution in [-0.2, 0) is 0 Å². The molecule has 0 fully saturated rings. The van der Waals surface area contributed by atoms with Crippen LogP contribution in [0.4, 0.5) is 13.2 Å². The summed E-state index contributed by atoms with van der Waals surface area (Å²) in [6.45, 7) is 1.59. The number of hydrogen-bond donors (Lipinski definition) is 0. The highest BCUT2D eigenvalue weighted by molar-refractivity contribution is 9.10. The molecule has 90 valence electrons. The molecule has 1 heterocycles. The maximum absolute atomic E-state index is 13.5. The summed E-state index contributed by atoms with van der Waals surface area (Å²) in [6.07, 6.45) is -2.71. The number of pyridine rings is 1. The van der Waals surface area contributed by atoms with Crippen molar-refractivity contribution in [3.63, 3.8) is 0 Å². The van der Waals surface area contributed by atoms with Crippen molar-refractivity contribution in [3.8, 4) is 0 Å². The zero-order valence-corrected chi connectivity index (χ0v) is 10.9. The van der Waals surface area contributed by atoms with Gasteiger partial charge in [-0.1, -0.05) is 11.6 Å². The van der Waals surface area contributed by atoms with Gasteiger partial charge in [-0.3, -0.25) is 0 Å². The van der Waals surface area contributed by atoms with Gasteiger partial charge in [0.15, 0.2) is 0 Å². The highest BCUT2D eigenvalue weighted by Gasteiger charge is 2.17. The van der Waals surface area contributed by atoms with Crippen molar-refractivity contribution in [1.82, 2.24) is 4.98 Å². The van der Waals surface area contributed by atoms with Crippen LogP contribution in [0.25, 0.3) is 10.9 Å². The number of hydrogen-bond acceptors (Lipinski definition) is 1. The Kier molecular flexibility index (Phi) is 3.32. The van der Waals surface area contributed by atoms with Crippen LogP contribution >= 0.6 is 27.5 Å². The third-order valence-corrected chi connectivity index (χ3v) is 3.43. The normalized spacial score (nSPS) is 11.5. The maximum Gasteiger partial charge on any atom is 0.280 e. The standard InChI is InChI=1S/C11H6BrClF3N/c1-4-2-6(14)9(12)8-5(13)3-7(11(15)16)17-10(4)8/h2-3,11H,1H3. The third-order valence-electron chi connectivity index (χ3n) is 2.36. The van der Waals surface area contributed by atoms with E-state index in [4.69, 9.17) is 11.6 Å². The smallest absolute Gasteiger partial charge is 0.246 e. The van der Waals surface area contributed by atoms with Crippen LogP contribution in [0.15, 0.2) is 16.6 Å². The topological polar surface area (TPSA) is 12.9 Å². The lowest BCUT2D eigenvalue weighted by Gasteiger charge is -2.09. The second-order valence-corrected chi connectivity index (χ2v) is 4.74. The lowest BCUT2D eigenvalue weighted by Crippen LogP contribution is -1.95. The number of rotatable bonds is 1. The fourth-order valence-corrected chi connectivity index (χ4v) is 2.51. The fraction of sp³-hybridized carbons (Fsp3) is 0.182. The molecule has 17 heavy (non-hydrogen) atoms. The highest BCUT2D eigenvalue weighted by atomic mass is 79.9. The minimum atomic E-state index is -2.71. The number of nitrogens with zero attached hydrogens (tertiary/aromatic N) is 1. The van der Waals surface area contributed by atoms with Crippen molar-refractivity contribution in [2.75, 3.05) is 0 Å². The molecule has 0 saturated heterocycles. The number of benzene rings is 1. The number of aryl methyl sites for hydroxylation is 1. The molecular weight excluding hydrogens is 318 g/mol. The first-order chi connectivity index (χ1) is 7.91. The van der Waals surface area contributed by atoms with E-state index in [0.29, 0.717) is 10.9 Å². The van der Waals surface area contributed by atoms with Crippen molar-refractivity contribution in [3.05, 3.63) is 38.7 Å². The molecule has 0 bridgehead atoms. The van der Waals surface area contributed by atoms with Crippen LogP contribution in [0.5, 0.6) is 0 Å². The van der Waals surface area contributed by atoms with Crippen LogP contribution in [0.1, 0.15) is 17.7 Å². The molecule has 0 radical (unpaired) electrons. The lowest BCUT2D eigenvalue weighted by molar-refractivity contribution is 0.146. The number of halogens is 5. The van der Waals surface area contributed by atoms with Crippen LogP contribution < -0.4 is 0 Å². The van der Waals surface area contributed by atoms with Crippen LogP contribution in [-0.4, -0.2) is 4.98 Å². The number of alkyl halides is 2. The quantitative estimate of drug-likeness (QED) is 0.716. The second kappa shape index (κ2) is 4.46. The molecule has 0 spiro atoms. The lowest BCUT2D eigenvalue weighted by atomic mass is 10.1. The Hall–Kier alpha value is -0.810. The van der Waals surface area contributed by atoms with Crippen molar-refractivity contribution in [2.45, 2.75) is 13.3 Å². The molecule has 0 amide bonds. The first-order valence-corrected chi connectivity index (χ1v) is 5.81. The SMILES string of the molecule is Cc1cc(F)c(Br)c2c(Cl)cc(C(F)F)nc12. The van der Waals surface area contributed by atoms with E-state index < -0.39 is 17.9 Å². The van der Waals surface area contributed by atoms with E-state index >= 15 is 0 Å². The van der Waals surface area contributed by atoms with E-state index in [1.165, 1.54) is 6.07 Å². The van der Waals surface area contributed by atoms with Gasteiger partial charge in [0.05, 0.1) is 15.0 Å². The predicted octanol–water partition coefficient (Wildman–Crippen LogP) is 5.04. The Bertz CT molecular complexity index is 601. The molecule has 1 aromatic carbocycles. The molecule has 0 saturated carbocycles. The van der Waals surface area contributed by atoms with Gasteiger partial charge in [-0.15, -0.1) is 0 Å². The van der Waals surface area contributed by atoms with Gasteiger partial charge in [0.25, 0.3) is 6.43 Å². The Morgan fingerprint density at radius 1 is 1.35 bits per heavy atom. The van der Waals surface area contributed by atoms with E-state index in [9.17, 15) is 13.2 Å². The summed E-state index contributed by atoms with van der Waals surface area (Å²) in [6, 6.07) is 2.28. The number of fused-ring (bicyclic) bond motifs is 1. The average molecular weight is 325 g/mol. The minimum absolute atomic E-state index is 0.0553. The van der Waals surface area contributed by atoms with Crippen LogP contribution in [0.3, 0.4) is 0 Å². The minimum Gasteiger partial charge on any atom is -0.246 e. The van der Waals surface area contributed by atoms with Gasteiger partial charge in [0.2, 0.25) is 0 Å². The fourth-order valence-electron chi connectivity index (χ4n) is 1.58. The Labute approximate surface area is 109 Å². The molecule has 0 N–H and O–H groups in total. The molecule has 6 heteroatoms. The van der Waals surface area contributed by atoms with Crippen molar-refractivity contribution in [2.24, 2.45) is 0 Å². The van der Waals surface area contributed by atoms with E-state index in [1.54, 1.807) is 6.92 Å². The molecule has 1 aromatic heterocycles. The Morgan fingerprint density at radius 2 is 2.00 bits per heavy atom. The zero-order valence-electron chi connectivity index (χ0n) is 8.57. The van der Waals surface area contributed by atoms with Gasteiger partial charge in [-0.25, -0.2) is 18.2 Å². The number of aromatic nitrogens is 1. The average Bonchev–Trinajstić information content (AvgIpc) is 2.25. The van der Waals surface area contributed by atoms with Crippen molar-refractivity contribution in [1.29, 1.82) is 0 Å². The Balaban J connectivity index is 2.90. The van der Waals surface area contributed by atoms with E-state index in [-0.39, 0.29) is 15.0 Å². The summed E-state index contributed by atoms with van der Waals surface area (Å²) < 4.78 is 38.8. The largest absolute Gasteiger partial charge is 0.280 e. The molecule has 1 nitrogen and oxygen atoms in total. The molecule has 2 rings (SSSR count). The van der Waals surface area contributed by atoms with Gasteiger partial charge in [0.1, 0.15) is 11.5 Å². The van der Waals surface area contributed by atoms with Crippen LogP contribution in [0, 0.1) is 12.7 Å². The molecule has 0 atom stereocenters. The predicted molar refractivity (Wildman–Crippen MR) is 64.1 cm³/mol. The summed E-state index contributed by atoms with van der Waals surface area (Å²) in [5.41, 5.74) is 0.329. The molecule has 0 aliphatic rings. The molecule has 0 aliphatic heterocycles. The van der Waals surface area contributed by atoms with Gasteiger partial charge >= 0.3 is 0 Å². The van der Waals surface area contributed by atoms with E-state index in [2.05, 4.69) is 20.9 Å². The maximum atomic E-state index is 13.5. The van der Waals surface area contributed by atoms with E-state index in [1.807, 2.05) is 0 Å². The zero-order chi connectivity index (χ0) is 12.7.